The number of hydrogen-bond donors (Lipinski definition) is 2. The van der Waals surface area contributed by atoms with Gasteiger partial charge in [-0.15, -0.1) is 11.3 Å². The zero-order valence-electron chi connectivity index (χ0n) is 10.5. The van der Waals surface area contributed by atoms with E-state index in [1.807, 2.05) is 11.4 Å². The zero-order valence-corrected chi connectivity index (χ0v) is 11.3. The number of rotatable bonds is 4. The van der Waals surface area contributed by atoms with E-state index >= 15 is 0 Å². The molecule has 18 heavy (non-hydrogen) atoms. The summed E-state index contributed by atoms with van der Waals surface area (Å²) >= 11 is 1.41. The number of amides is 1. The van der Waals surface area contributed by atoms with Gasteiger partial charge in [-0.25, -0.2) is 0 Å². The van der Waals surface area contributed by atoms with Crippen molar-refractivity contribution in [3.63, 3.8) is 0 Å². The van der Waals surface area contributed by atoms with Gasteiger partial charge in [0.1, 0.15) is 0 Å². The molecule has 2 rings (SSSR count). The molecule has 1 amide bonds. The molecule has 2 atom stereocenters. The lowest BCUT2D eigenvalue weighted by Crippen LogP contribution is -2.45. The summed E-state index contributed by atoms with van der Waals surface area (Å²) in [6, 6.07) is 1.80. The molecule has 0 saturated heterocycles. The van der Waals surface area contributed by atoms with E-state index in [0.717, 1.165) is 31.2 Å². The molecule has 1 saturated carbocycles. The van der Waals surface area contributed by atoms with Gasteiger partial charge in [-0.1, -0.05) is 12.8 Å². The van der Waals surface area contributed by atoms with E-state index in [1.54, 1.807) is 7.11 Å². The third kappa shape index (κ3) is 3.10. The maximum atomic E-state index is 12.1. The third-order valence-electron chi connectivity index (χ3n) is 3.30. The standard InChI is InChI=1S/C13H19NO3S/c1-17-8-9-6-7-18-12(9)13(16)14-10-4-2-3-5-11(10)15/h6-7,10-11,15H,2-5,8H2,1H3,(H,14,16). The van der Waals surface area contributed by atoms with Crippen molar-refractivity contribution in [2.75, 3.05) is 7.11 Å². The number of thiophene rings is 1. The van der Waals surface area contributed by atoms with Gasteiger partial charge in [0, 0.05) is 12.7 Å². The molecule has 2 N–H and O–H groups in total. The molecule has 0 aromatic carbocycles. The van der Waals surface area contributed by atoms with E-state index in [-0.39, 0.29) is 11.9 Å². The second-order valence-corrected chi connectivity index (χ2v) is 5.56. The van der Waals surface area contributed by atoms with Crippen LogP contribution < -0.4 is 5.32 Å². The lowest BCUT2D eigenvalue weighted by molar-refractivity contribution is 0.0717. The zero-order chi connectivity index (χ0) is 13.0. The first-order chi connectivity index (χ1) is 8.72. The molecule has 1 aromatic heterocycles. The molecule has 1 heterocycles. The Morgan fingerprint density at radius 2 is 2.33 bits per heavy atom. The van der Waals surface area contributed by atoms with Crippen LogP contribution >= 0.6 is 11.3 Å². The second kappa shape index (κ2) is 6.31. The quantitative estimate of drug-likeness (QED) is 0.878. The first-order valence-electron chi connectivity index (χ1n) is 6.26. The van der Waals surface area contributed by atoms with Crippen LogP contribution in [0.15, 0.2) is 11.4 Å². The number of carbonyl (C=O) groups is 1. The maximum absolute atomic E-state index is 12.1. The Morgan fingerprint density at radius 1 is 1.56 bits per heavy atom. The molecular formula is C13H19NO3S. The molecule has 5 heteroatoms. The summed E-state index contributed by atoms with van der Waals surface area (Å²) in [5.41, 5.74) is 0.908. The Labute approximate surface area is 111 Å². The van der Waals surface area contributed by atoms with Crippen LogP contribution in [0.25, 0.3) is 0 Å². The first-order valence-corrected chi connectivity index (χ1v) is 7.14. The van der Waals surface area contributed by atoms with Crippen LogP contribution in [-0.2, 0) is 11.3 Å². The lowest BCUT2D eigenvalue weighted by atomic mass is 9.92. The summed E-state index contributed by atoms with van der Waals surface area (Å²) in [7, 11) is 1.62. The number of hydrogen-bond acceptors (Lipinski definition) is 4. The van der Waals surface area contributed by atoms with Crippen LogP contribution in [0.2, 0.25) is 0 Å². The van der Waals surface area contributed by atoms with E-state index in [4.69, 9.17) is 4.74 Å². The fraction of sp³-hybridized carbons (Fsp3) is 0.615. The molecule has 1 aliphatic rings. The van der Waals surface area contributed by atoms with Gasteiger partial charge in [0.2, 0.25) is 0 Å². The second-order valence-electron chi connectivity index (χ2n) is 4.64. The molecule has 100 valence electrons. The van der Waals surface area contributed by atoms with Gasteiger partial charge >= 0.3 is 0 Å². The van der Waals surface area contributed by atoms with Gasteiger partial charge < -0.3 is 15.2 Å². The average Bonchev–Trinajstić information content (AvgIpc) is 2.81. The van der Waals surface area contributed by atoms with Crippen LogP contribution in [0.5, 0.6) is 0 Å². The molecule has 2 unspecified atom stereocenters. The monoisotopic (exact) mass is 269 g/mol. The van der Waals surface area contributed by atoms with Crippen LogP contribution in [0.3, 0.4) is 0 Å². The van der Waals surface area contributed by atoms with Crippen LogP contribution in [0.4, 0.5) is 0 Å². The smallest absolute Gasteiger partial charge is 0.262 e. The average molecular weight is 269 g/mol. The third-order valence-corrected chi connectivity index (χ3v) is 4.25. The number of aliphatic hydroxyl groups is 1. The summed E-state index contributed by atoms with van der Waals surface area (Å²) in [6.45, 7) is 0.444. The Hall–Kier alpha value is -0.910. The van der Waals surface area contributed by atoms with Gasteiger partial charge in [0.25, 0.3) is 5.91 Å². The molecule has 1 aromatic rings. The van der Waals surface area contributed by atoms with Gasteiger partial charge in [-0.3, -0.25) is 4.79 Å². The van der Waals surface area contributed by atoms with Gasteiger partial charge in [0.05, 0.1) is 23.6 Å². The molecule has 0 aliphatic heterocycles. The molecule has 0 bridgehead atoms. The highest BCUT2D eigenvalue weighted by Gasteiger charge is 2.25. The fourth-order valence-electron chi connectivity index (χ4n) is 2.32. The minimum atomic E-state index is -0.409. The summed E-state index contributed by atoms with van der Waals surface area (Å²) in [5.74, 6) is -0.0944. The number of nitrogens with one attached hydrogen (secondary N) is 1. The summed E-state index contributed by atoms with van der Waals surface area (Å²) in [4.78, 5) is 12.8. The van der Waals surface area contributed by atoms with E-state index in [2.05, 4.69) is 5.32 Å². The van der Waals surface area contributed by atoms with Crippen molar-refractivity contribution < 1.29 is 14.6 Å². The summed E-state index contributed by atoms with van der Waals surface area (Å²) in [5, 5.41) is 14.7. The van der Waals surface area contributed by atoms with Crippen molar-refractivity contribution in [2.24, 2.45) is 0 Å². The van der Waals surface area contributed by atoms with E-state index < -0.39 is 6.10 Å². The van der Waals surface area contributed by atoms with Crippen molar-refractivity contribution in [2.45, 2.75) is 44.4 Å². The highest BCUT2D eigenvalue weighted by Crippen LogP contribution is 2.21. The SMILES string of the molecule is COCc1ccsc1C(=O)NC1CCCCC1O. The van der Waals surface area contributed by atoms with Crippen LogP contribution in [-0.4, -0.2) is 30.3 Å². The maximum Gasteiger partial charge on any atom is 0.262 e. The predicted octanol–water partition coefficient (Wildman–Crippen LogP) is 1.93. The molecule has 1 fully saturated rings. The molecule has 0 radical (unpaired) electrons. The van der Waals surface area contributed by atoms with E-state index in [1.165, 1.54) is 11.3 Å². The van der Waals surface area contributed by atoms with Crippen molar-refractivity contribution >= 4 is 17.2 Å². The Bertz CT molecular complexity index is 405. The van der Waals surface area contributed by atoms with Crippen LogP contribution in [0.1, 0.15) is 40.9 Å². The number of aliphatic hydroxyl groups excluding tert-OH is 1. The van der Waals surface area contributed by atoms with Gasteiger partial charge in [-0.05, 0) is 24.3 Å². The highest BCUT2D eigenvalue weighted by atomic mass is 32.1. The van der Waals surface area contributed by atoms with Crippen molar-refractivity contribution in [1.82, 2.24) is 5.32 Å². The van der Waals surface area contributed by atoms with E-state index in [0.29, 0.717) is 11.5 Å². The Morgan fingerprint density at radius 3 is 3.06 bits per heavy atom. The summed E-state index contributed by atoms with van der Waals surface area (Å²) < 4.78 is 5.07. The Kier molecular flexibility index (Phi) is 4.74. The Balaban J connectivity index is 2.00. The first kappa shape index (κ1) is 13.5. The number of methoxy groups -OCH3 is 1. The minimum absolute atomic E-state index is 0.0944. The van der Waals surface area contributed by atoms with Crippen molar-refractivity contribution in [3.05, 3.63) is 21.9 Å². The molecular weight excluding hydrogens is 250 g/mol. The topological polar surface area (TPSA) is 58.6 Å². The van der Waals surface area contributed by atoms with Crippen molar-refractivity contribution in [1.29, 1.82) is 0 Å². The predicted molar refractivity (Wildman–Crippen MR) is 70.8 cm³/mol. The fourth-order valence-corrected chi connectivity index (χ4v) is 3.13. The summed E-state index contributed by atoms with van der Waals surface area (Å²) in [6.07, 6.45) is 3.34. The molecule has 4 nitrogen and oxygen atoms in total. The van der Waals surface area contributed by atoms with Gasteiger partial charge in [-0.2, -0.15) is 0 Å². The minimum Gasteiger partial charge on any atom is -0.391 e. The highest BCUT2D eigenvalue weighted by molar-refractivity contribution is 7.12. The largest absolute Gasteiger partial charge is 0.391 e. The van der Waals surface area contributed by atoms with E-state index in [9.17, 15) is 9.90 Å². The molecule has 0 spiro atoms. The van der Waals surface area contributed by atoms with Gasteiger partial charge in [0.15, 0.2) is 0 Å². The normalized spacial score (nSPS) is 23.9. The number of carbonyl (C=O) groups excluding carboxylic acids is 1. The lowest BCUT2D eigenvalue weighted by Gasteiger charge is -2.28. The van der Waals surface area contributed by atoms with Crippen molar-refractivity contribution in [3.8, 4) is 0 Å². The number of ether oxygens (including phenoxy) is 1. The molecule has 1 aliphatic carbocycles. The van der Waals surface area contributed by atoms with Crippen LogP contribution in [0, 0.1) is 0 Å².